The highest BCUT2D eigenvalue weighted by Crippen LogP contribution is 2.36. The van der Waals surface area contributed by atoms with E-state index in [1.165, 1.54) is 17.7 Å². The van der Waals surface area contributed by atoms with E-state index in [0.29, 0.717) is 5.92 Å². The summed E-state index contributed by atoms with van der Waals surface area (Å²) in [6, 6.07) is 10.3. The summed E-state index contributed by atoms with van der Waals surface area (Å²) < 4.78 is 2.09. The highest BCUT2D eigenvalue weighted by Gasteiger charge is 2.26. The maximum absolute atomic E-state index is 5.69. The molecule has 1 aliphatic rings. The molecule has 0 saturated carbocycles. The van der Waals surface area contributed by atoms with Crippen LogP contribution in [0.5, 0.6) is 0 Å². The van der Waals surface area contributed by atoms with E-state index in [2.05, 4.69) is 34.0 Å². The Morgan fingerprint density at radius 1 is 1.29 bits per heavy atom. The van der Waals surface area contributed by atoms with Crippen molar-refractivity contribution >= 4 is 0 Å². The Balaban J connectivity index is 2.03. The van der Waals surface area contributed by atoms with Gasteiger partial charge in [0.2, 0.25) is 0 Å². The van der Waals surface area contributed by atoms with Crippen LogP contribution < -0.4 is 5.73 Å². The summed E-state index contributed by atoms with van der Waals surface area (Å²) >= 11 is 0. The third kappa shape index (κ3) is 1.76. The van der Waals surface area contributed by atoms with Crippen molar-refractivity contribution in [3.8, 4) is 5.69 Å². The van der Waals surface area contributed by atoms with Crippen LogP contribution in [0.3, 0.4) is 0 Å². The molecule has 3 rings (SSSR count). The second-order valence-corrected chi connectivity index (χ2v) is 4.62. The number of rotatable bonds is 3. The zero-order valence-electron chi connectivity index (χ0n) is 9.84. The molecule has 2 aromatic rings. The topological polar surface area (TPSA) is 43.8 Å². The lowest BCUT2D eigenvalue weighted by Crippen LogP contribution is -2.10. The van der Waals surface area contributed by atoms with Crippen LogP contribution in [-0.2, 0) is 6.42 Å². The van der Waals surface area contributed by atoms with E-state index in [9.17, 15) is 0 Å². The maximum atomic E-state index is 5.69. The van der Waals surface area contributed by atoms with E-state index in [0.717, 1.165) is 25.1 Å². The summed E-state index contributed by atoms with van der Waals surface area (Å²) in [4.78, 5) is 0. The fourth-order valence-corrected chi connectivity index (χ4v) is 2.74. The van der Waals surface area contributed by atoms with Gasteiger partial charge in [0.25, 0.3) is 0 Å². The molecule has 0 radical (unpaired) electrons. The van der Waals surface area contributed by atoms with Crippen LogP contribution in [-0.4, -0.2) is 16.3 Å². The molecule has 0 bridgehead atoms. The largest absolute Gasteiger partial charge is 0.330 e. The predicted octanol–water partition coefficient (Wildman–Crippen LogP) is 2.25. The summed E-state index contributed by atoms with van der Waals surface area (Å²) in [5.41, 5.74) is 9.62. The molecule has 3 heteroatoms. The molecule has 88 valence electrons. The average molecular weight is 227 g/mol. The number of aryl methyl sites for hydroxylation is 1. The fraction of sp³-hybridized carbons (Fsp3) is 0.357. The lowest BCUT2D eigenvalue weighted by molar-refractivity contribution is 0.590. The van der Waals surface area contributed by atoms with Crippen molar-refractivity contribution in [2.45, 2.75) is 25.2 Å². The Hall–Kier alpha value is -1.61. The normalized spacial score (nSPS) is 18.3. The number of nitrogens with two attached hydrogens (primary N) is 1. The Labute approximate surface area is 101 Å². The van der Waals surface area contributed by atoms with E-state index < -0.39 is 0 Å². The molecule has 1 heterocycles. The molecule has 0 fully saturated rings. The van der Waals surface area contributed by atoms with Crippen LogP contribution in [0, 0.1) is 0 Å². The molecule has 17 heavy (non-hydrogen) atoms. The third-order valence-electron chi connectivity index (χ3n) is 3.55. The van der Waals surface area contributed by atoms with E-state index in [1.54, 1.807) is 0 Å². The second-order valence-electron chi connectivity index (χ2n) is 4.62. The van der Waals surface area contributed by atoms with Gasteiger partial charge in [0, 0.05) is 5.92 Å². The molecule has 2 N–H and O–H groups in total. The minimum Gasteiger partial charge on any atom is -0.330 e. The average Bonchev–Trinajstić information content (AvgIpc) is 2.94. The first-order valence-corrected chi connectivity index (χ1v) is 6.22. The number of para-hydroxylation sites is 1. The molecule has 1 aromatic carbocycles. The van der Waals surface area contributed by atoms with Gasteiger partial charge < -0.3 is 5.73 Å². The van der Waals surface area contributed by atoms with Crippen LogP contribution in [0.1, 0.15) is 30.0 Å². The molecular formula is C14H17N3. The van der Waals surface area contributed by atoms with Gasteiger partial charge in [-0.15, -0.1) is 0 Å². The number of aromatic nitrogens is 2. The highest BCUT2D eigenvalue weighted by molar-refractivity contribution is 5.38. The summed E-state index contributed by atoms with van der Waals surface area (Å²) in [5, 5.41) is 4.52. The monoisotopic (exact) mass is 227 g/mol. The molecular weight excluding hydrogens is 210 g/mol. The number of nitrogens with zero attached hydrogens (tertiary/aromatic N) is 2. The molecule has 0 saturated heterocycles. The summed E-state index contributed by atoms with van der Waals surface area (Å²) in [6.45, 7) is 0.754. The number of hydrogen-bond donors (Lipinski definition) is 1. The minimum absolute atomic E-state index is 0.581. The van der Waals surface area contributed by atoms with E-state index in [-0.39, 0.29) is 0 Å². The van der Waals surface area contributed by atoms with Crippen molar-refractivity contribution in [3.05, 3.63) is 47.8 Å². The third-order valence-corrected chi connectivity index (χ3v) is 3.55. The van der Waals surface area contributed by atoms with Crippen LogP contribution in [0.25, 0.3) is 5.69 Å². The van der Waals surface area contributed by atoms with Gasteiger partial charge in [0.05, 0.1) is 17.6 Å². The fourth-order valence-electron chi connectivity index (χ4n) is 2.74. The van der Waals surface area contributed by atoms with Gasteiger partial charge in [-0.05, 0) is 43.5 Å². The van der Waals surface area contributed by atoms with Gasteiger partial charge in [-0.3, -0.25) is 0 Å². The van der Waals surface area contributed by atoms with Gasteiger partial charge in [-0.25, -0.2) is 4.68 Å². The zero-order chi connectivity index (χ0) is 11.7. The summed E-state index contributed by atoms with van der Waals surface area (Å²) in [7, 11) is 0. The van der Waals surface area contributed by atoms with Crippen LogP contribution >= 0.6 is 0 Å². The van der Waals surface area contributed by atoms with Crippen LogP contribution in [0.15, 0.2) is 36.5 Å². The summed E-state index contributed by atoms with van der Waals surface area (Å²) in [6.07, 6.45) is 5.44. The van der Waals surface area contributed by atoms with Crippen molar-refractivity contribution in [3.63, 3.8) is 0 Å². The molecule has 1 unspecified atom stereocenters. The Kier molecular flexibility index (Phi) is 2.69. The van der Waals surface area contributed by atoms with Crippen molar-refractivity contribution in [1.82, 2.24) is 9.78 Å². The quantitative estimate of drug-likeness (QED) is 0.874. The zero-order valence-corrected chi connectivity index (χ0v) is 9.84. The van der Waals surface area contributed by atoms with E-state index in [4.69, 9.17) is 5.73 Å². The van der Waals surface area contributed by atoms with Crippen LogP contribution in [0.4, 0.5) is 0 Å². The lowest BCUT2D eigenvalue weighted by atomic mass is 10.0. The van der Waals surface area contributed by atoms with E-state index in [1.807, 2.05) is 12.3 Å². The van der Waals surface area contributed by atoms with Gasteiger partial charge in [0.15, 0.2) is 0 Å². The van der Waals surface area contributed by atoms with Crippen molar-refractivity contribution in [2.24, 2.45) is 5.73 Å². The minimum atomic E-state index is 0.581. The van der Waals surface area contributed by atoms with Crippen molar-refractivity contribution < 1.29 is 0 Å². The van der Waals surface area contributed by atoms with Gasteiger partial charge in [-0.1, -0.05) is 18.2 Å². The number of hydrogen-bond acceptors (Lipinski definition) is 2. The Morgan fingerprint density at radius 3 is 2.88 bits per heavy atom. The van der Waals surface area contributed by atoms with Gasteiger partial charge in [-0.2, -0.15) is 5.10 Å². The predicted molar refractivity (Wildman–Crippen MR) is 68.3 cm³/mol. The van der Waals surface area contributed by atoms with E-state index >= 15 is 0 Å². The number of fused-ring (bicyclic) bond motifs is 1. The molecule has 0 spiro atoms. The lowest BCUT2D eigenvalue weighted by Gasteiger charge is -2.13. The summed E-state index contributed by atoms with van der Waals surface area (Å²) in [5.74, 6) is 0.581. The smallest absolute Gasteiger partial charge is 0.0649 e. The van der Waals surface area contributed by atoms with Gasteiger partial charge in [0.1, 0.15) is 0 Å². The molecule has 0 amide bonds. The second kappa shape index (κ2) is 4.34. The molecule has 1 aromatic heterocycles. The molecule has 0 aliphatic heterocycles. The Bertz CT molecular complexity index is 501. The molecule has 1 atom stereocenters. The SMILES string of the molecule is NCCC1CCc2cnn(-c3ccccc3)c21. The number of benzene rings is 1. The first-order valence-electron chi connectivity index (χ1n) is 6.22. The van der Waals surface area contributed by atoms with Crippen LogP contribution in [0.2, 0.25) is 0 Å². The Morgan fingerprint density at radius 2 is 2.12 bits per heavy atom. The first-order chi connectivity index (χ1) is 8.40. The molecule has 1 aliphatic carbocycles. The standard InChI is InChI=1S/C14H17N3/c15-9-8-11-6-7-12-10-16-17(14(11)12)13-4-2-1-3-5-13/h1-5,10-11H,6-9,15H2. The van der Waals surface area contributed by atoms with Crippen molar-refractivity contribution in [1.29, 1.82) is 0 Å². The highest BCUT2D eigenvalue weighted by atomic mass is 15.3. The molecule has 3 nitrogen and oxygen atoms in total. The maximum Gasteiger partial charge on any atom is 0.0649 e. The van der Waals surface area contributed by atoms with Gasteiger partial charge >= 0.3 is 0 Å². The first kappa shape index (κ1) is 10.5. The van der Waals surface area contributed by atoms with Crippen molar-refractivity contribution in [2.75, 3.05) is 6.54 Å².